The van der Waals surface area contributed by atoms with E-state index < -0.39 is 0 Å². The summed E-state index contributed by atoms with van der Waals surface area (Å²) < 4.78 is 0. The Morgan fingerprint density at radius 1 is 1.27 bits per heavy atom. The molecule has 6 heteroatoms. The minimum absolute atomic E-state index is 0.0688. The fourth-order valence-corrected chi connectivity index (χ4v) is 5.50. The maximum atomic E-state index is 12.8. The third kappa shape index (κ3) is 4.33. The third-order valence-electron chi connectivity index (χ3n) is 6.12. The largest absolute Gasteiger partial charge is 0.326 e. The lowest BCUT2D eigenvalue weighted by atomic mass is 9.72. The molecule has 0 fully saturated rings. The molecule has 0 radical (unpaired) electrons. The van der Waals surface area contributed by atoms with Gasteiger partial charge in [0.25, 0.3) is 5.56 Å². The number of anilines is 1. The average Bonchev–Trinajstić information content (AvgIpc) is 3.05. The van der Waals surface area contributed by atoms with Crippen molar-refractivity contribution in [2.75, 3.05) is 5.32 Å². The van der Waals surface area contributed by atoms with Crippen LogP contribution in [-0.4, -0.2) is 15.9 Å². The van der Waals surface area contributed by atoms with Crippen molar-refractivity contribution in [3.8, 4) is 0 Å². The van der Waals surface area contributed by atoms with Crippen LogP contribution in [0.3, 0.4) is 0 Å². The molecule has 2 N–H and O–H groups in total. The molecule has 0 aliphatic heterocycles. The monoisotopic (exact) mass is 423 g/mol. The number of nitrogens with zero attached hydrogens (tertiary/aromatic N) is 1. The highest BCUT2D eigenvalue weighted by Crippen LogP contribution is 2.41. The van der Waals surface area contributed by atoms with Crippen molar-refractivity contribution in [2.24, 2.45) is 11.3 Å². The highest BCUT2D eigenvalue weighted by atomic mass is 32.1. The van der Waals surface area contributed by atoms with Gasteiger partial charge in [0, 0.05) is 23.4 Å². The van der Waals surface area contributed by atoms with Gasteiger partial charge in [0.05, 0.1) is 5.39 Å². The smallest absolute Gasteiger partial charge is 0.259 e. The number of hydrogen-bond donors (Lipinski definition) is 2. The fraction of sp³-hybridized carbons (Fsp3) is 0.458. The van der Waals surface area contributed by atoms with Gasteiger partial charge in [0.2, 0.25) is 5.91 Å². The van der Waals surface area contributed by atoms with E-state index in [2.05, 4.69) is 31.1 Å². The number of fused-ring (bicyclic) bond motifs is 3. The number of hydrogen-bond acceptors (Lipinski definition) is 4. The summed E-state index contributed by atoms with van der Waals surface area (Å²) in [5.41, 5.74) is 3.31. The van der Waals surface area contributed by atoms with E-state index in [4.69, 9.17) is 4.98 Å². The quantitative estimate of drug-likeness (QED) is 0.619. The Hall–Kier alpha value is -2.47. The topological polar surface area (TPSA) is 74.8 Å². The molecule has 1 aliphatic rings. The maximum absolute atomic E-state index is 12.8. The summed E-state index contributed by atoms with van der Waals surface area (Å²) in [5, 5.41) is 3.65. The average molecular weight is 424 g/mol. The van der Waals surface area contributed by atoms with Gasteiger partial charge in [-0.1, -0.05) is 38.5 Å². The van der Waals surface area contributed by atoms with Gasteiger partial charge in [-0.15, -0.1) is 11.3 Å². The molecule has 0 bridgehead atoms. The van der Waals surface area contributed by atoms with Crippen LogP contribution in [0.1, 0.15) is 55.4 Å². The Kier molecular flexibility index (Phi) is 5.53. The molecule has 0 saturated carbocycles. The van der Waals surface area contributed by atoms with Gasteiger partial charge < -0.3 is 10.3 Å². The molecular weight excluding hydrogens is 394 g/mol. The van der Waals surface area contributed by atoms with Crippen LogP contribution in [-0.2, 0) is 24.1 Å². The normalized spacial score (nSPS) is 16.5. The lowest BCUT2D eigenvalue weighted by Gasteiger charge is -2.33. The third-order valence-corrected chi connectivity index (χ3v) is 7.27. The number of nitrogens with one attached hydrogen (secondary N) is 2. The van der Waals surface area contributed by atoms with Gasteiger partial charge in [0.15, 0.2) is 0 Å². The molecule has 2 aromatic heterocycles. The molecule has 1 unspecified atom stereocenters. The summed E-state index contributed by atoms with van der Waals surface area (Å²) in [7, 11) is 0. The van der Waals surface area contributed by atoms with E-state index in [1.807, 2.05) is 31.2 Å². The van der Waals surface area contributed by atoms with Gasteiger partial charge in [-0.25, -0.2) is 4.98 Å². The van der Waals surface area contributed by atoms with Gasteiger partial charge in [0.1, 0.15) is 10.7 Å². The first-order chi connectivity index (χ1) is 14.2. The Morgan fingerprint density at radius 2 is 2.00 bits per heavy atom. The van der Waals surface area contributed by atoms with E-state index in [9.17, 15) is 9.59 Å². The standard InChI is InChI=1S/C24H29N3O2S/c1-14-5-8-16(9-6-14)25-20(28)12-11-19-26-22(29)21-17-10-7-15(24(2,3)4)13-18(17)30-23(21)27-19/h5-6,8-9,15H,7,10-13H2,1-4H3,(H,25,28)(H,26,27,29). The second kappa shape index (κ2) is 7.99. The second-order valence-corrected chi connectivity index (χ2v) is 10.5. The number of benzene rings is 1. The number of carbonyl (C=O) groups is 1. The highest BCUT2D eigenvalue weighted by Gasteiger charge is 2.31. The highest BCUT2D eigenvalue weighted by molar-refractivity contribution is 7.18. The number of amides is 1. The van der Waals surface area contributed by atoms with Crippen molar-refractivity contribution >= 4 is 33.1 Å². The molecular formula is C24H29N3O2S. The van der Waals surface area contributed by atoms with Crippen molar-refractivity contribution in [2.45, 2.75) is 59.8 Å². The van der Waals surface area contributed by atoms with Gasteiger partial charge in [-0.05, 0) is 55.2 Å². The zero-order valence-corrected chi connectivity index (χ0v) is 18.9. The molecule has 3 aromatic rings. The Balaban J connectivity index is 1.49. The summed E-state index contributed by atoms with van der Waals surface area (Å²) in [4.78, 5) is 34.8. The molecule has 4 rings (SSSR count). The minimum Gasteiger partial charge on any atom is -0.326 e. The number of aryl methyl sites for hydroxylation is 3. The van der Waals surface area contributed by atoms with Crippen LogP contribution in [0.4, 0.5) is 5.69 Å². The number of aromatic nitrogens is 2. The fourth-order valence-electron chi connectivity index (χ4n) is 4.18. The molecule has 0 saturated heterocycles. The first kappa shape index (κ1) is 20.8. The first-order valence-electron chi connectivity index (χ1n) is 10.6. The van der Waals surface area contributed by atoms with Gasteiger partial charge >= 0.3 is 0 Å². The van der Waals surface area contributed by atoms with E-state index in [0.717, 1.165) is 40.7 Å². The van der Waals surface area contributed by atoms with Crippen molar-refractivity contribution in [3.63, 3.8) is 0 Å². The molecule has 158 valence electrons. The SMILES string of the molecule is Cc1ccc(NC(=O)CCc2nc3sc4c(c3c(=O)[nH]2)CCC(C(C)(C)C)C4)cc1. The predicted octanol–water partition coefficient (Wildman–Crippen LogP) is 5.02. The number of thiophene rings is 1. The van der Waals surface area contributed by atoms with E-state index in [1.54, 1.807) is 11.3 Å². The molecule has 1 aliphatic carbocycles. The van der Waals surface area contributed by atoms with Crippen molar-refractivity contribution in [1.82, 2.24) is 9.97 Å². The number of aromatic amines is 1. The Bertz CT molecular complexity index is 1140. The van der Waals surface area contributed by atoms with E-state index >= 15 is 0 Å². The van der Waals surface area contributed by atoms with Crippen LogP contribution in [0.15, 0.2) is 29.1 Å². The lowest BCUT2D eigenvalue weighted by molar-refractivity contribution is -0.116. The summed E-state index contributed by atoms with van der Waals surface area (Å²) in [5.74, 6) is 1.12. The van der Waals surface area contributed by atoms with Crippen LogP contribution in [0.5, 0.6) is 0 Å². The minimum atomic E-state index is -0.0832. The van der Waals surface area contributed by atoms with Crippen LogP contribution < -0.4 is 10.9 Å². The molecule has 1 atom stereocenters. The van der Waals surface area contributed by atoms with Crippen LogP contribution >= 0.6 is 11.3 Å². The molecule has 0 spiro atoms. The van der Waals surface area contributed by atoms with Crippen LogP contribution in [0.2, 0.25) is 0 Å². The first-order valence-corrected chi connectivity index (χ1v) is 11.4. The summed E-state index contributed by atoms with van der Waals surface area (Å²) in [6.07, 6.45) is 3.77. The number of rotatable bonds is 4. The summed E-state index contributed by atoms with van der Waals surface area (Å²) >= 11 is 1.65. The van der Waals surface area contributed by atoms with Crippen molar-refractivity contribution in [3.05, 3.63) is 56.4 Å². The van der Waals surface area contributed by atoms with E-state index in [-0.39, 0.29) is 23.3 Å². The maximum Gasteiger partial charge on any atom is 0.259 e. The zero-order valence-electron chi connectivity index (χ0n) is 18.1. The molecule has 5 nitrogen and oxygen atoms in total. The van der Waals surface area contributed by atoms with Crippen LogP contribution in [0, 0.1) is 18.3 Å². The van der Waals surface area contributed by atoms with Gasteiger partial charge in [-0.3, -0.25) is 9.59 Å². The summed E-state index contributed by atoms with van der Waals surface area (Å²) in [6.45, 7) is 8.89. The second-order valence-electron chi connectivity index (χ2n) is 9.42. The molecule has 1 aromatic carbocycles. The molecule has 30 heavy (non-hydrogen) atoms. The number of H-pyrrole nitrogens is 1. The van der Waals surface area contributed by atoms with E-state index in [1.165, 1.54) is 10.4 Å². The zero-order chi connectivity index (χ0) is 21.5. The lowest BCUT2D eigenvalue weighted by Crippen LogP contribution is -2.26. The molecule has 1 amide bonds. The van der Waals surface area contributed by atoms with Gasteiger partial charge in [-0.2, -0.15) is 0 Å². The number of carbonyl (C=O) groups excluding carboxylic acids is 1. The van der Waals surface area contributed by atoms with Crippen LogP contribution in [0.25, 0.3) is 10.2 Å². The summed E-state index contributed by atoms with van der Waals surface area (Å²) in [6, 6.07) is 7.71. The van der Waals surface area contributed by atoms with Crippen molar-refractivity contribution in [1.29, 1.82) is 0 Å². The predicted molar refractivity (Wildman–Crippen MR) is 123 cm³/mol. The Morgan fingerprint density at radius 3 is 2.70 bits per heavy atom. The Labute approximate surface area is 180 Å². The van der Waals surface area contributed by atoms with Crippen molar-refractivity contribution < 1.29 is 4.79 Å². The van der Waals surface area contributed by atoms with E-state index in [0.29, 0.717) is 18.2 Å². The molecule has 2 heterocycles.